The zero-order valence-electron chi connectivity index (χ0n) is 41.0. The minimum atomic E-state index is -1.62. The van der Waals surface area contributed by atoms with Gasteiger partial charge in [-0.25, -0.2) is 9.78 Å². The van der Waals surface area contributed by atoms with E-state index in [2.05, 4.69) is 52.2 Å². The van der Waals surface area contributed by atoms with Crippen LogP contribution >= 0.6 is 0 Å². The lowest BCUT2D eigenvalue weighted by Crippen LogP contribution is -2.62. The fraction of sp³-hybridized carbons (Fsp3) is 0.651. The molecule has 0 aliphatic carbocycles. The van der Waals surface area contributed by atoms with Crippen LogP contribution in [0.2, 0.25) is 0 Å². The van der Waals surface area contributed by atoms with Crippen LogP contribution in [-0.2, 0) is 49.6 Å². The van der Waals surface area contributed by atoms with E-state index >= 15 is 0 Å². The Morgan fingerprint density at radius 1 is 0.767 bits per heavy atom. The zero-order valence-corrected chi connectivity index (χ0v) is 41.0. The monoisotopic (exact) mass is 1040 g/mol. The number of hydrogen-bond acceptors (Lipinski definition) is 18. The highest BCUT2D eigenvalue weighted by Crippen LogP contribution is 2.20. The summed E-state index contributed by atoms with van der Waals surface area (Å²) in [6, 6.07) is -9.10. The number of aromatic nitrogens is 2. The van der Waals surface area contributed by atoms with E-state index in [1.165, 1.54) is 23.5 Å². The first-order chi connectivity index (χ1) is 34.8. The third-order valence-corrected chi connectivity index (χ3v) is 11.4. The van der Waals surface area contributed by atoms with Crippen molar-refractivity contribution in [2.24, 2.45) is 50.9 Å². The average Bonchev–Trinajstić information content (AvgIpc) is 4.08. The van der Waals surface area contributed by atoms with Crippen LogP contribution in [0.15, 0.2) is 29.3 Å². The second-order valence-corrected chi connectivity index (χ2v) is 17.1. The molecule has 8 atom stereocenters. The molecule has 2 heterocycles. The minimum absolute atomic E-state index is 0.0299. The van der Waals surface area contributed by atoms with Crippen molar-refractivity contribution in [2.45, 2.75) is 125 Å². The van der Waals surface area contributed by atoms with Gasteiger partial charge in [0.1, 0.15) is 41.9 Å². The molecule has 2 rings (SSSR count). The molecule has 0 bridgehead atoms. The lowest BCUT2D eigenvalue weighted by Gasteiger charge is -2.30. The summed E-state index contributed by atoms with van der Waals surface area (Å²) >= 11 is 0. The molecule has 8 amide bonds. The van der Waals surface area contributed by atoms with Crippen LogP contribution in [0.3, 0.4) is 0 Å². The molecule has 410 valence electrons. The molecule has 1 aromatic rings. The highest BCUT2D eigenvalue weighted by Gasteiger charge is 2.40. The fourth-order valence-corrected chi connectivity index (χ4v) is 7.43. The molecule has 30 nitrogen and oxygen atoms in total. The van der Waals surface area contributed by atoms with Crippen LogP contribution in [0, 0.1) is 0 Å². The molecule has 30 heteroatoms. The van der Waals surface area contributed by atoms with Gasteiger partial charge in [0.2, 0.25) is 47.3 Å². The maximum absolute atomic E-state index is 14.2. The molecular formula is C43H77N19O11. The van der Waals surface area contributed by atoms with Crippen molar-refractivity contribution in [3.63, 3.8) is 0 Å². The van der Waals surface area contributed by atoms with Crippen LogP contribution in [0.4, 0.5) is 0 Å². The number of aromatic amines is 1. The number of H-pyrrole nitrogens is 1. The topological polar surface area (TPSA) is 531 Å². The number of imidazole rings is 1. The van der Waals surface area contributed by atoms with Gasteiger partial charge in [-0.15, -0.1) is 0 Å². The number of unbranched alkanes of at least 4 members (excludes halogenated alkanes) is 2. The highest BCUT2D eigenvalue weighted by molar-refractivity contribution is 5.99. The molecule has 1 fully saturated rings. The van der Waals surface area contributed by atoms with Crippen molar-refractivity contribution in [2.75, 3.05) is 52.4 Å². The summed E-state index contributed by atoms with van der Waals surface area (Å²) in [4.78, 5) is 132. The molecule has 73 heavy (non-hydrogen) atoms. The van der Waals surface area contributed by atoms with Gasteiger partial charge in [0, 0.05) is 44.5 Å². The number of rotatable bonds is 35. The quantitative estimate of drug-likeness (QED) is 0.0130. The average molecular weight is 1040 g/mol. The van der Waals surface area contributed by atoms with E-state index in [4.69, 9.17) is 45.9 Å². The van der Waals surface area contributed by atoms with Crippen LogP contribution < -0.4 is 83.1 Å². The number of carbonyl (C=O) groups excluding carboxylic acids is 8. The highest BCUT2D eigenvalue weighted by atomic mass is 16.4. The molecular weight excluding hydrogens is 959 g/mol. The summed E-state index contributed by atoms with van der Waals surface area (Å²) < 4.78 is 0. The third-order valence-electron chi connectivity index (χ3n) is 11.4. The van der Waals surface area contributed by atoms with E-state index in [1.807, 2.05) is 0 Å². The molecule has 0 spiro atoms. The first kappa shape index (κ1) is 62.3. The van der Waals surface area contributed by atoms with Gasteiger partial charge in [0.15, 0.2) is 5.96 Å². The van der Waals surface area contributed by atoms with Crippen molar-refractivity contribution < 1.29 is 53.4 Å². The van der Waals surface area contributed by atoms with Gasteiger partial charge in [0.25, 0.3) is 0 Å². The summed E-state index contributed by atoms with van der Waals surface area (Å²) in [5.74, 6) is -8.26. The van der Waals surface area contributed by atoms with Gasteiger partial charge < -0.3 is 103 Å². The van der Waals surface area contributed by atoms with Crippen molar-refractivity contribution in [1.82, 2.24) is 52.1 Å². The SMILES string of the molecule is NCCCC[C@H](NC(=O)[C@H](Cc1cnc[nH]1)NC(=O)[C@@H]1CCCN1C(=O)[C@@H](CCCN)NC(=O)CNC(=O)[C@H](CN)NC(=O)[C@@H](NC(=O)[C@@H](N)CCCCN)[C@@H](O)CN)C(=O)N/C(=C\CCN=C(N)N)C(=O)O. The van der Waals surface area contributed by atoms with Gasteiger partial charge in [-0.2, -0.15) is 0 Å². The molecule has 0 saturated carbocycles. The number of amides is 8. The molecule has 0 unspecified atom stereocenters. The smallest absolute Gasteiger partial charge is 0.352 e. The van der Waals surface area contributed by atoms with Crippen molar-refractivity contribution >= 4 is 59.2 Å². The molecule has 0 radical (unpaired) electrons. The summed E-state index contributed by atoms with van der Waals surface area (Å²) in [5, 5.41) is 37.4. The number of carboxylic acid groups (broad SMARTS) is 1. The molecule has 1 aliphatic heterocycles. The van der Waals surface area contributed by atoms with Crippen molar-refractivity contribution in [3.05, 3.63) is 30.0 Å². The standard InChI is InChI=1S/C43H77N19O11/c44-13-3-1-8-25(49)35(65)61-34(32(63)20-48)40(70)60-30(19-47)36(66)54-22-33(64)56-27(10-5-15-46)41(71)62-17-7-12-31(62)39(69)59-29(18-24-21-52-23-55-24)38(68)57-26(9-2-4-14-45)37(67)58-28(42(72)73)11-6-16-53-43(50)51/h11,21,23,25-27,29-32,34,63H,1-10,12-20,22,44-49H2,(H,52,55)(H,54,66)(H,56,64)(H,57,68)(H,58,67)(H,59,69)(H,60,70)(H,61,65)(H,72,73)(H4,50,51,53)/b28-11-/t25-,26-,27+,29-,30-,31-,32-,34-/m0/s1. The van der Waals surface area contributed by atoms with E-state index < -0.39 is 127 Å². The largest absolute Gasteiger partial charge is 0.477 e. The molecule has 0 aromatic carbocycles. The van der Waals surface area contributed by atoms with E-state index in [-0.39, 0.29) is 77.1 Å². The van der Waals surface area contributed by atoms with Crippen molar-refractivity contribution in [1.29, 1.82) is 0 Å². The Labute approximate surface area is 422 Å². The lowest BCUT2D eigenvalue weighted by atomic mass is 10.1. The number of aliphatic imine (C=N–C) groups is 1. The number of guanidine groups is 1. The Morgan fingerprint density at radius 3 is 2.03 bits per heavy atom. The number of aliphatic hydroxyl groups excluding tert-OH is 1. The van der Waals surface area contributed by atoms with Gasteiger partial charge in [0.05, 0.1) is 25.0 Å². The van der Waals surface area contributed by atoms with Gasteiger partial charge in [-0.1, -0.05) is 12.5 Å². The maximum atomic E-state index is 14.2. The predicted octanol–water partition coefficient (Wildman–Crippen LogP) is -8.17. The second kappa shape index (κ2) is 33.8. The van der Waals surface area contributed by atoms with Gasteiger partial charge >= 0.3 is 5.97 Å². The Kier molecular flexibility index (Phi) is 28.8. The summed E-state index contributed by atoms with van der Waals surface area (Å²) in [6.45, 7) is -0.705. The Balaban J connectivity index is 2.22. The number of aliphatic carboxylic acids is 1. The number of carbonyl (C=O) groups is 9. The van der Waals surface area contributed by atoms with Crippen molar-refractivity contribution in [3.8, 4) is 0 Å². The fourth-order valence-electron chi connectivity index (χ4n) is 7.43. The molecule has 1 aromatic heterocycles. The summed E-state index contributed by atoms with van der Waals surface area (Å²) in [5.41, 5.74) is 44.8. The van der Waals surface area contributed by atoms with Gasteiger partial charge in [-0.3, -0.25) is 43.3 Å². The third kappa shape index (κ3) is 22.2. The number of nitrogens with zero attached hydrogens (tertiary/aromatic N) is 3. The first-order valence-corrected chi connectivity index (χ1v) is 24.1. The van der Waals surface area contributed by atoms with E-state index in [0.717, 1.165) is 0 Å². The predicted molar refractivity (Wildman–Crippen MR) is 265 cm³/mol. The van der Waals surface area contributed by atoms with E-state index in [9.17, 15) is 53.4 Å². The number of hydrogen-bond donors (Lipinski definition) is 18. The second-order valence-electron chi connectivity index (χ2n) is 17.1. The van der Waals surface area contributed by atoms with Crippen LogP contribution in [0.5, 0.6) is 0 Å². The normalized spacial score (nSPS) is 16.3. The Morgan fingerprint density at radius 2 is 1.42 bits per heavy atom. The number of nitrogens with two attached hydrogens (primary N) is 8. The van der Waals surface area contributed by atoms with E-state index in [0.29, 0.717) is 44.3 Å². The Bertz CT molecular complexity index is 2020. The summed E-state index contributed by atoms with van der Waals surface area (Å²) in [7, 11) is 0. The van der Waals surface area contributed by atoms with Crippen LogP contribution in [-0.4, -0.2) is 185 Å². The molecule has 26 N–H and O–H groups in total. The number of nitrogens with one attached hydrogen (secondary N) is 8. The van der Waals surface area contributed by atoms with Gasteiger partial charge in [-0.05, 0) is 83.8 Å². The first-order valence-electron chi connectivity index (χ1n) is 24.1. The zero-order chi connectivity index (χ0) is 54.5. The van der Waals surface area contributed by atoms with E-state index in [1.54, 1.807) is 0 Å². The van der Waals surface area contributed by atoms with Crippen LogP contribution in [0.1, 0.15) is 76.3 Å². The molecule has 1 saturated heterocycles. The summed E-state index contributed by atoms with van der Waals surface area (Å²) in [6.07, 6.45) is 5.41. The maximum Gasteiger partial charge on any atom is 0.352 e. The number of carboxylic acids is 1. The number of aliphatic hydroxyl groups is 1. The minimum Gasteiger partial charge on any atom is -0.477 e. The molecule has 1 aliphatic rings. The Hall–Kier alpha value is -6.83. The number of likely N-dealkylation sites (tertiary alicyclic amines) is 1. The van der Waals surface area contributed by atoms with Crippen LogP contribution in [0.25, 0.3) is 0 Å². The lowest BCUT2D eigenvalue weighted by molar-refractivity contribution is -0.142.